The number of halogens is 3. The van der Waals surface area contributed by atoms with Gasteiger partial charge in [-0.1, -0.05) is 6.92 Å². The van der Waals surface area contributed by atoms with E-state index in [9.17, 15) is 4.79 Å². The number of amides is 1. The minimum Gasteiger partial charge on any atom is -0.352 e. The van der Waals surface area contributed by atoms with Crippen LogP contribution in [0.25, 0.3) is 16.8 Å². The predicted molar refractivity (Wildman–Crippen MR) is 154 cm³/mol. The number of anilines is 2. The zero-order chi connectivity index (χ0) is 29.6. The van der Waals surface area contributed by atoms with Crippen molar-refractivity contribution in [3.63, 3.8) is 0 Å². The number of fused-ring (bicyclic) bond motifs is 1. The number of hydrogen-bond acceptors (Lipinski definition) is 6. The molecule has 3 aromatic heterocycles. The number of pyridine rings is 1. The maximum Gasteiger partial charge on any atom is 0.229 e. The van der Waals surface area contributed by atoms with Crippen molar-refractivity contribution in [2.45, 2.75) is 76.0 Å². The number of hydrogen-bond donors (Lipinski definition) is 3. The second-order valence-electron chi connectivity index (χ2n) is 11.7. The Hall–Kier alpha value is -3.99. The van der Waals surface area contributed by atoms with Gasteiger partial charge < -0.3 is 16.4 Å². The number of nitrogens with zero attached hydrogens (tertiary/aromatic N) is 4. The van der Waals surface area contributed by atoms with E-state index in [1.54, 1.807) is 24.7 Å². The number of carbonyl (C=O) groups is 1. The van der Waals surface area contributed by atoms with Gasteiger partial charge in [0, 0.05) is 25.2 Å². The summed E-state index contributed by atoms with van der Waals surface area (Å²) in [6.45, 7) is 3.58. The van der Waals surface area contributed by atoms with Gasteiger partial charge in [-0.3, -0.25) is 9.78 Å². The summed E-state index contributed by atoms with van der Waals surface area (Å²) in [4.78, 5) is 20.4. The molecule has 0 aliphatic heterocycles. The second kappa shape index (κ2) is 11.0. The lowest BCUT2D eigenvalue weighted by atomic mass is 9.73. The molecule has 0 unspecified atom stereocenters. The Morgan fingerprint density at radius 1 is 1.10 bits per heavy atom. The molecular weight excluding hydrogens is 543 g/mol. The molecule has 8 nitrogen and oxygen atoms in total. The van der Waals surface area contributed by atoms with Crippen LogP contribution in [0.15, 0.2) is 48.9 Å². The van der Waals surface area contributed by atoms with Crippen LogP contribution in [0.2, 0.25) is 0 Å². The van der Waals surface area contributed by atoms with Crippen molar-refractivity contribution in [3.05, 3.63) is 71.7 Å². The average molecular weight is 578 g/mol. The van der Waals surface area contributed by atoms with Crippen LogP contribution in [0.1, 0.15) is 69.4 Å². The lowest BCUT2D eigenvalue weighted by molar-refractivity contribution is -0.120. The smallest absolute Gasteiger partial charge is 0.229 e. The number of rotatable bonds is 6. The molecule has 2 fully saturated rings. The summed E-state index contributed by atoms with van der Waals surface area (Å²) in [5.41, 5.74) is 6.90. The molecule has 4 N–H and O–H groups in total. The van der Waals surface area contributed by atoms with E-state index in [2.05, 4.69) is 32.6 Å². The van der Waals surface area contributed by atoms with E-state index >= 15 is 13.2 Å². The van der Waals surface area contributed by atoms with Crippen molar-refractivity contribution in [2.75, 3.05) is 5.32 Å². The molecule has 4 atom stereocenters. The average Bonchev–Trinajstić information content (AvgIpc) is 3.57. The summed E-state index contributed by atoms with van der Waals surface area (Å²) in [7, 11) is 0. The Kier molecular flexibility index (Phi) is 7.38. The number of nitrogens with two attached hydrogens (primary N) is 1. The number of nitrogens with one attached hydrogen (secondary N) is 2. The SMILES string of the molecule is CC(=O)N[C@@H]1[C@H](N)C[C@H](c2ccncc2Nc2ncc3ccc(-c4c(F)cc(C5(F)CCCC5)cc4F)nn23)C[C@@H]1C. The normalized spacial score (nSPS) is 23.7. The predicted octanol–water partition coefficient (Wildman–Crippen LogP) is 5.90. The molecule has 11 heteroatoms. The molecule has 2 aliphatic rings. The minimum atomic E-state index is -1.70. The van der Waals surface area contributed by atoms with Crippen molar-refractivity contribution < 1.29 is 18.0 Å². The fourth-order valence-corrected chi connectivity index (χ4v) is 6.71. The van der Waals surface area contributed by atoms with Crippen molar-refractivity contribution in [3.8, 4) is 11.3 Å². The van der Waals surface area contributed by atoms with Crippen LogP contribution in [0.4, 0.5) is 24.8 Å². The molecule has 0 saturated heterocycles. The van der Waals surface area contributed by atoms with Crippen LogP contribution in [-0.2, 0) is 10.5 Å². The first-order valence-corrected chi connectivity index (χ1v) is 14.4. The van der Waals surface area contributed by atoms with Gasteiger partial charge in [0.25, 0.3) is 0 Å². The van der Waals surface area contributed by atoms with Gasteiger partial charge >= 0.3 is 0 Å². The topological polar surface area (TPSA) is 110 Å². The van der Waals surface area contributed by atoms with Crippen LogP contribution in [-0.4, -0.2) is 37.6 Å². The van der Waals surface area contributed by atoms with Gasteiger partial charge in [0.2, 0.25) is 11.9 Å². The standard InChI is InChI=1S/C31H34F3N7O/c1-17-11-19(12-25(35)29(17)38-18(2)42)22-7-10-36-16-27(22)39-30-37-15-21-5-6-26(40-41(21)30)28-23(32)13-20(14-24(28)33)31(34)8-3-4-9-31/h5-7,10,13-17,19,25,29H,3-4,8-9,11-12,35H2,1-2H3,(H,37,39)(H,38,42)/t17-,19+,25+,29-/m0/s1. The Balaban J connectivity index is 1.30. The third-order valence-electron chi connectivity index (χ3n) is 8.79. The fraction of sp³-hybridized carbons (Fsp3) is 0.419. The molecule has 42 heavy (non-hydrogen) atoms. The number of alkyl halides is 1. The number of carbonyl (C=O) groups excluding carboxylic acids is 1. The fourth-order valence-electron chi connectivity index (χ4n) is 6.71. The van der Waals surface area contributed by atoms with E-state index in [0.29, 0.717) is 36.4 Å². The number of aromatic nitrogens is 4. The Morgan fingerprint density at radius 2 is 1.83 bits per heavy atom. The van der Waals surface area contributed by atoms with Crippen LogP contribution >= 0.6 is 0 Å². The minimum absolute atomic E-state index is 0.0362. The quantitative estimate of drug-likeness (QED) is 0.263. The molecular formula is C31H34F3N7O. The highest BCUT2D eigenvalue weighted by Crippen LogP contribution is 2.44. The Labute approximate surface area is 241 Å². The maximum atomic E-state index is 15.3. The molecule has 6 rings (SSSR count). The Bertz CT molecular complexity index is 1600. The first kappa shape index (κ1) is 28.1. The number of imidazole rings is 1. The van der Waals surface area contributed by atoms with Crippen molar-refractivity contribution in [1.82, 2.24) is 24.9 Å². The third-order valence-corrected chi connectivity index (χ3v) is 8.79. The van der Waals surface area contributed by atoms with Gasteiger partial charge in [-0.15, -0.1) is 0 Å². The van der Waals surface area contributed by atoms with E-state index < -0.39 is 17.3 Å². The van der Waals surface area contributed by atoms with Gasteiger partial charge in [-0.2, -0.15) is 9.61 Å². The van der Waals surface area contributed by atoms with Crippen LogP contribution in [0.5, 0.6) is 0 Å². The first-order chi connectivity index (χ1) is 20.1. The number of benzene rings is 1. The monoisotopic (exact) mass is 577 g/mol. The highest BCUT2D eigenvalue weighted by molar-refractivity contribution is 5.73. The van der Waals surface area contributed by atoms with E-state index in [1.807, 2.05) is 6.07 Å². The van der Waals surface area contributed by atoms with Crippen molar-refractivity contribution in [2.24, 2.45) is 11.7 Å². The van der Waals surface area contributed by atoms with Gasteiger partial charge in [0.05, 0.1) is 34.9 Å². The van der Waals surface area contributed by atoms with E-state index in [4.69, 9.17) is 5.73 Å². The summed E-state index contributed by atoms with van der Waals surface area (Å²) in [6.07, 6.45) is 8.43. The van der Waals surface area contributed by atoms with Gasteiger partial charge in [0.1, 0.15) is 17.3 Å². The van der Waals surface area contributed by atoms with Gasteiger partial charge in [-0.05, 0) is 91.8 Å². The van der Waals surface area contributed by atoms with E-state index in [0.717, 1.165) is 24.1 Å². The summed E-state index contributed by atoms with van der Waals surface area (Å²) in [5.74, 6) is -1.19. The van der Waals surface area contributed by atoms with E-state index in [-0.39, 0.29) is 59.5 Å². The zero-order valence-electron chi connectivity index (χ0n) is 23.6. The lowest BCUT2D eigenvalue weighted by Crippen LogP contribution is -2.54. The molecule has 0 radical (unpaired) electrons. The molecule has 2 aliphatic carbocycles. The molecule has 2 saturated carbocycles. The molecule has 4 aromatic rings. The van der Waals surface area contributed by atoms with Gasteiger partial charge in [0.15, 0.2) is 0 Å². The zero-order valence-corrected chi connectivity index (χ0v) is 23.6. The van der Waals surface area contributed by atoms with Gasteiger partial charge in [-0.25, -0.2) is 18.2 Å². The van der Waals surface area contributed by atoms with E-state index in [1.165, 1.54) is 17.5 Å². The summed E-state index contributed by atoms with van der Waals surface area (Å²) in [6, 6.07) is 7.02. The molecule has 0 bridgehead atoms. The van der Waals surface area contributed by atoms with Crippen molar-refractivity contribution in [1.29, 1.82) is 0 Å². The summed E-state index contributed by atoms with van der Waals surface area (Å²) < 4.78 is 47.3. The van der Waals surface area contributed by atoms with Crippen LogP contribution in [0.3, 0.4) is 0 Å². The highest BCUT2D eigenvalue weighted by atomic mass is 19.1. The lowest BCUT2D eigenvalue weighted by Gasteiger charge is -2.39. The molecule has 3 heterocycles. The summed E-state index contributed by atoms with van der Waals surface area (Å²) >= 11 is 0. The van der Waals surface area contributed by atoms with Crippen LogP contribution in [0, 0.1) is 17.6 Å². The maximum absolute atomic E-state index is 15.3. The largest absolute Gasteiger partial charge is 0.352 e. The third kappa shape index (κ3) is 5.21. The highest BCUT2D eigenvalue weighted by Gasteiger charge is 2.37. The van der Waals surface area contributed by atoms with Crippen molar-refractivity contribution >= 4 is 23.1 Å². The molecule has 220 valence electrons. The second-order valence-corrected chi connectivity index (χ2v) is 11.7. The molecule has 1 amide bonds. The molecule has 1 aromatic carbocycles. The first-order valence-electron chi connectivity index (χ1n) is 14.4. The Morgan fingerprint density at radius 3 is 2.52 bits per heavy atom. The summed E-state index contributed by atoms with van der Waals surface area (Å²) in [5, 5.41) is 10.8. The molecule has 0 spiro atoms. The van der Waals surface area contributed by atoms with Crippen LogP contribution < -0.4 is 16.4 Å².